The molecule has 2 saturated heterocycles. The van der Waals surface area contributed by atoms with Gasteiger partial charge in [0.05, 0.1) is 20.4 Å². The molecule has 0 aliphatic carbocycles. The van der Waals surface area contributed by atoms with Crippen LogP contribution in [0.5, 0.6) is 11.5 Å². The van der Waals surface area contributed by atoms with Crippen molar-refractivity contribution in [3.05, 3.63) is 30.2 Å². The maximum Gasteiger partial charge on any atom is 0.229 e. The van der Waals surface area contributed by atoms with Crippen LogP contribution in [0.15, 0.2) is 24.4 Å². The van der Waals surface area contributed by atoms with Crippen LogP contribution in [0.3, 0.4) is 0 Å². The summed E-state index contributed by atoms with van der Waals surface area (Å²) in [6, 6.07) is 6.12. The smallest absolute Gasteiger partial charge is 0.229 e. The number of aromatic nitrogens is 2. The van der Waals surface area contributed by atoms with Crippen LogP contribution in [0.4, 0.5) is 21.8 Å². The predicted molar refractivity (Wildman–Crippen MR) is 115 cm³/mol. The summed E-state index contributed by atoms with van der Waals surface area (Å²) >= 11 is 0. The molecule has 0 amide bonds. The first-order valence-electron chi connectivity index (χ1n) is 10.4. The van der Waals surface area contributed by atoms with Crippen LogP contribution in [0.25, 0.3) is 0 Å². The molecule has 2 aromatic rings. The van der Waals surface area contributed by atoms with E-state index in [1.807, 2.05) is 0 Å². The molecule has 1 aromatic carbocycles. The quantitative estimate of drug-likeness (QED) is 0.733. The van der Waals surface area contributed by atoms with Crippen LogP contribution < -0.4 is 20.1 Å². The Labute approximate surface area is 177 Å². The molecule has 2 N–H and O–H groups in total. The van der Waals surface area contributed by atoms with Gasteiger partial charge in [-0.1, -0.05) is 0 Å². The number of fused-ring (bicyclic) bond motifs is 1. The molecule has 4 rings (SSSR count). The molecule has 7 nitrogen and oxygen atoms in total. The van der Waals surface area contributed by atoms with Gasteiger partial charge in [0.15, 0.2) is 11.6 Å². The van der Waals surface area contributed by atoms with Gasteiger partial charge >= 0.3 is 0 Å². The zero-order valence-electron chi connectivity index (χ0n) is 18.0. The van der Waals surface area contributed by atoms with Crippen molar-refractivity contribution in [2.45, 2.75) is 57.2 Å². The molecule has 2 aliphatic heterocycles. The molecule has 1 aromatic heterocycles. The number of hydrogen-bond acceptors (Lipinski definition) is 7. The van der Waals surface area contributed by atoms with E-state index < -0.39 is 5.82 Å². The highest BCUT2D eigenvalue weighted by atomic mass is 19.1. The van der Waals surface area contributed by atoms with Crippen LogP contribution in [0.2, 0.25) is 0 Å². The SMILES string of the molecule is COc1cc(Nc2ncc(F)c(N[C@@H]3C[C@@H]4CCCN4C(C)(C)C3)n2)cc(OC)c1. The van der Waals surface area contributed by atoms with Gasteiger partial charge in [-0.05, 0) is 46.1 Å². The molecular formula is C22H30FN5O2. The number of methoxy groups -OCH3 is 2. The van der Waals surface area contributed by atoms with Gasteiger partial charge in [0.1, 0.15) is 11.5 Å². The Bertz CT molecular complexity index is 885. The van der Waals surface area contributed by atoms with Gasteiger partial charge in [-0.3, -0.25) is 4.90 Å². The fourth-order valence-corrected chi connectivity index (χ4v) is 4.85. The third-order valence-corrected chi connectivity index (χ3v) is 6.15. The minimum absolute atomic E-state index is 0.0960. The third-order valence-electron chi connectivity index (χ3n) is 6.15. The van der Waals surface area contributed by atoms with Crippen molar-refractivity contribution in [3.8, 4) is 11.5 Å². The number of ether oxygens (including phenoxy) is 2. The first-order valence-corrected chi connectivity index (χ1v) is 10.4. The summed E-state index contributed by atoms with van der Waals surface area (Å²) in [5, 5.41) is 6.46. The average Bonchev–Trinajstić information content (AvgIpc) is 3.19. The van der Waals surface area contributed by atoms with E-state index in [4.69, 9.17) is 9.47 Å². The summed E-state index contributed by atoms with van der Waals surface area (Å²) in [6.07, 6.45) is 5.59. The fourth-order valence-electron chi connectivity index (χ4n) is 4.85. The maximum atomic E-state index is 14.5. The lowest BCUT2D eigenvalue weighted by atomic mass is 9.84. The summed E-state index contributed by atoms with van der Waals surface area (Å²) < 4.78 is 25.1. The molecule has 0 spiro atoms. The highest BCUT2D eigenvalue weighted by molar-refractivity contribution is 5.60. The predicted octanol–water partition coefficient (Wildman–Crippen LogP) is 4.19. The second-order valence-electron chi connectivity index (χ2n) is 8.70. The van der Waals surface area contributed by atoms with Crippen LogP contribution in [0, 0.1) is 5.82 Å². The van der Waals surface area contributed by atoms with Gasteiger partial charge < -0.3 is 20.1 Å². The minimum atomic E-state index is -0.449. The highest BCUT2D eigenvalue weighted by Gasteiger charge is 2.43. The molecule has 30 heavy (non-hydrogen) atoms. The van der Waals surface area contributed by atoms with Crippen LogP contribution in [0.1, 0.15) is 39.5 Å². The molecule has 0 bridgehead atoms. The number of piperidine rings is 1. The van der Waals surface area contributed by atoms with Crippen molar-refractivity contribution >= 4 is 17.5 Å². The van der Waals surface area contributed by atoms with E-state index in [0.717, 1.165) is 19.4 Å². The summed E-state index contributed by atoms with van der Waals surface area (Å²) in [6.45, 7) is 5.71. The van der Waals surface area contributed by atoms with Crippen molar-refractivity contribution in [3.63, 3.8) is 0 Å². The van der Waals surface area contributed by atoms with Gasteiger partial charge in [0.25, 0.3) is 0 Å². The minimum Gasteiger partial charge on any atom is -0.497 e. The first kappa shape index (κ1) is 20.7. The zero-order chi connectivity index (χ0) is 21.3. The van der Waals surface area contributed by atoms with E-state index >= 15 is 0 Å². The summed E-state index contributed by atoms with van der Waals surface area (Å²) in [5.41, 5.74) is 0.794. The average molecular weight is 416 g/mol. The van der Waals surface area contributed by atoms with Crippen molar-refractivity contribution in [1.82, 2.24) is 14.9 Å². The monoisotopic (exact) mass is 415 g/mol. The molecule has 8 heteroatoms. The van der Waals surface area contributed by atoms with E-state index in [1.54, 1.807) is 32.4 Å². The number of benzene rings is 1. The third kappa shape index (κ3) is 4.28. The number of halogens is 1. The van der Waals surface area contributed by atoms with Crippen molar-refractivity contribution in [2.75, 3.05) is 31.4 Å². The lowest BCUT2D eigenvalue weighted by Gasteiger charge is -2.47. The largest absolute Gasteiger partial charge is 0.497 e. The molecule has 0 unspecified atom stereocenters. The number of hydrogen-bond donors (Lipinski definition) is 2. The molecule has 2 atom stereocenters. The maximum absolute atomic E-state index is 14.5. The summed E-state index contributed by atoms with van der Waals surface area (Å²) in [4.78, 5) is 11.1. The molecule has 2 aliphatic rings. The van der Waals surface area contributed by atoms with Gasteiger partial charge in [-0.25, -0.2) is 9.37 Å². The van der Waals surface area contributed by atoms with Crippen LogP contribution in [-0.4, -0.2) is 53.3 Å². The Morgan fingerprint density at radius 1 is 1.17 bits per heavy atom. The van der Waals surface area contributed by atoms with Crippen LogP contribution in [-0.2, 0) is 0 Å². The molecule has 3 heterocycles. The topological polar surface area (TPSA) is 71.5 Å². The van der Waals surface area contributed by atoms with Gasteiger partial charge in [0.2, 0.25) is 5.95 Å². The van der Waals surface area contributed by atoms with Crippen molar-refractivity contribution < 1.29 is 13.9 Å². The van der Waals surface area contributed by atoms with Crippen molar-refractivity contribution in [1.29, 1.82) is 0 Å². The van der Waals surface area contributed by atoms with Gasteiger partial charge in [0, 0.05) is 41.5 Å². The van der Waals surface area contributed by atoms with E-state index in [-0.39, 0.29) is 17.4 Å². The number of nitrogens with one attached hydrogen (secondary N) is 2. The molecule has 0 saturated carbocycles. The number of rotatable bonds is 6. The number of nitrogens with zero attached hydrogens (tertiary/aromatic N) is 3. The zero-order valence-corrected chi connectivity index (χ0v) is 18.0. The highest BCUT2D eigenvalue weighted by Crippen LogP contribution is 2.38. The Morgan fingerprint density at radius 2 is 1.90 bits per heavy atom. The Kier molecular flexibility index (Phi) is 5.69. The lowest BCUT2D eigenvalue weighted by Crippen LogP contribution is -2.55. The summed E-state index contributed by atoms with van der Waals surface area (Å²) in [7, 11) is 3.18. The van der Waals surface area contributed by atoms with E-state index in [0.29, 0.717) is 29.2 Å². The second kappa shape index (κ2) is 8.26. The van der Waals surface area contributed by atoms with Crippen LogP contribution >= 0.6 is 0 Å². The van der Waals surface area contributed by atoms with Gasteiger partial charge in [-0.15, -0.1) is 0 Å². The standard InChI is InChI=1S/C22H30FN5O2/c1-22(2)12-15(8-16-6-5-7-28(16)22)25-20-19(23)13-24-21(27-20)26-14-9-17(29-3)11-18(10-14)30-4/h9-11,13,15-16H,5-8,12H2,1-4H3,(H2,24,25,26,27)/t15-,16+/m1/s1. The molecule has 162 valence electrons. The molecular weight excluding hydrogens is 385 g/mol. The first-order chi connectivity index (χ1) is 14.4. The van der Waals surface area contributed by atoms with Crippen molar-refractivity contribution in [2.24, 2.45) is 0 Å². The lowest BCUT2D eigenvalue weighted by molar-refractivity contribution is 0.0500. The van der Waals surface area contributed by atoms with E-state index in [2.05, 4.69) is 39.3 Å². The molecule has 2 fully saturated rings. The van der Waals surface area contributed by atoms with E-state index in [1.165, 1.54) is 19.0 Å². The number of anilines is 3. The Morgan fingerprint density at radius 3 is 2.60 bits per heavy atom. The fraction of sp³-hybridized carbons (Fsp3) is 0.545. The molecule has 0 radical (unpaired) electrons. The Hall–Kier alpha value is -2.61. The normalized spacial score (nSPS) is 23.0. The van der Waals surface area contributed by atoms with Gasteiger partial charge in [-0.2, -0.15) is 4.98 Å². The Balaban J connectivity index is 1.51. The second-order valence-corrected chi connectivity index (χ2v) is 8.70. The van der Waals surface area contributed by atoms with E-state index in [9.17, 15) is 4.39 Å². The summed E-state index contributed by atoms with van der Waals surface area (Å²) in [5.74, 6) is 1.38.